The third kappa shape index (κ3) is 6.88. The first-order valence-corrected chi connectivity index (χ1v) is 23.7. The average Bonchev–Trinajstić information content (AvgIpc) is 3.99. The van der Waals surface area contributed by atoms with Crippen LogP contribution in [-0.2, 0) is 0 Å². The molecule has 0 aliphatic heterocycles. The fourth-order valence-corrected chi connectivity index (χ4v) is 11.2. The van der Waals surface area contributed by atoms with Gasteiger partial charge in [-0.15, -0.1) is 11.3 Å². The second kappa shape index (κ2) is 16.6. The van der Waals surface area contributed by atoms with Gasteiger partial charge in [0.05, 0.1) is 33.6 Å². The molecule has 0 atom stereocenters. The highest BCUT2D eigenvalue weighted by molar-refractivity contribution is 7.24. The van der Waals surface area contributed by atoms with Crippen molar-refractivity contribution in [3.63, 3.8) is 0 Å². The van der Waals surface area contributed by atoms with Crippen molar-refractivity contribution in [2.24, 2.45) is 0 Å². The summed E-state index contributed by atoms with van der Waals surface area (Å²) in [5.74, 6) is 0.709. The lowest BCUT2D eigenvalue weighted by atomic mass is 9.94. The SMILES string of the molecule is c1ccc(-c2cc(-c3ccc(-c4ccc(-c5sc6c(c(-c7ccccc7)nc7ccccc76)c5-c5cccc(-n6c7ccccc7c7ccccc76)c5)cc4)cc3)nc(-c3ccccc3)n2)cc1. The highest BCUT2D eigenvalue weighted by Crippen LogP contribution is 2.50. The Balaban J connectivity index is 0.943. The molecule has 0 spiro atoms. The van der Waals surface area contributed by atoms with Crippen LogP contribution in [0.15, 0.2) is 243 Å². The number of pyridine rings is 1. The van der Waals surface area contributed by atoms with Crippen LogP contribution in [0.1, 0.15) is 0 Å². The van der Waals surface area contributed by atoms with Gasteiger partial charge in [-0.05, 0) is 58.7 Å². The lowest BCUT2D eigenvalue weighted by Crippen LogP contribution is -1.95. The predicted octanol–water partition coefficient (Wildman–Crippen LogP) is 17.0. The lowest BCUT2D eigenvalue weighted by molar-refractivity contribution is 1.18. The van der Waals surface area contributed by atoms with E-state index in [1.54, 1.807) is 0 Å². The van der Waals surface area contributed by atoms with Gasteiger partial charge in [0, 0.05) is 64.6 Å². The largest absolute Gasteiger partial charge is 0.309 e. The van der Waals surface area contributed by atoms with Crippen LogP contribution in [0, 0.1) is 0 Å². The molecule has 0 radical (unpaired) electrons. The molecule has 13 aromatic rings. The standard InChI is InChI=1S/C63H40N4S/c1-4-17-43(18-5-1)54-40-55(66-63(65-54)47-21-8-3-9-22-47)44-35-31-41(32-36-44)42-33-37-46(38-34-42)61-58(59-60(45-19-6-2-7-20-45)64-53-28-13-10-27-52(53)62(59)68-61)48-23-16-24-49(39-48)67-56-29-14-11-25-50(56)51-26-12-15-30-57(51)67/h1-40H. The van der Waals surface area contributed by atoms with Gasteiger partial charge in [0.1, 0.15) is 0 Å². The highest BCUT2D eigenvalue weighted by Gasteiger charge is 2.24. The Bertz CT molecular complexity index is 3880. The predicted molar refractivity (Wildman–Crippen MR) is 285 cm³/mol. The van der Waals surface area contributed by atoms with E-state index in [0.717, 1.165) is 78.2 Å². The Morgan fingerprint density at radius 2 is 0.824 bits per heavy atom. The third-order valence-electron chi connectivity index (χ3n) is 13.0. The first kappa shape index (κ1) is 39.6. The maximum absolute atomic E-state index is 5.44. The van der Waals surface area contributed by atoms with Crippen LogP contribution in [0.3, 0.4) is 0 Å². The van der Waals surface area contributed by atoms with Gasteiger partial charge in [0.2, 0.25) is 0 Å². The van der Waals surface area contributed by atoms with Gasteiger partial charge in [-0.1, -0.05) is 206 Å². The number of hydrogen-bond acceptors (Lipinski definition) is 4. The molecule has 68 heavy (non-hydrogen) atoms. The molecule has 0 saturated heterocycles. The topological polar surface area (TPSA) is 43.6 Å². The van der Waals surface area contributed by atoms with E-state index in [1.807, 2.05) is 47.7 Å². The highest BCUT2D eigenvalue weighted by atomic mass is 32.1. The van der Waals surface area contributed by atoms with Gasteiger partial charge in [0.15, 0.2) is 5.82 Å². The molecule has 13 rings (SSSR count). The van der Waals surface area contributed by atoms with Gasteiger partial charge >= 0.3 is 0 Å². The molecular formula is C63H40N4S. The molecule has 4 aromatic heterocycles. The Morgan fingerprint density at radius 3 is 1.46 bits per heavy atom. The molecule has 0 saturated carbocycles. The van der Waals surface area contributed by atoms with E-state index < -0.39 is 0 Å². The number of benzene rings is 9. The smallest absolute Gasteiger partial charge is 0.160 e. The van der Waals surface area contributed by atoms with E-state index in [-0.39, 0.29) is 0 Å². The minimum atomic E-state index is 0.709. The Morgan fingerprint density at radius 1 is 0.338 bits per heavy atom. The molecule has 5 heteroatoms. The summed E-state index contributed by atoms with van der Waals surface area (Å²) in [6.45, 7) is 0. The number of hydrogen-bond donors (Lipinski definition) is 0. The molecule has 0 amide bonds. The summed E-state index contributed by atoms with van der Waals surface area (Å²) in [5, 5.41) is 4.82. The zero-order chi connectivity index (χ0) is 45.0. The first-order chi connectivity index (χ1) is 33.7. The van der Waals surface area contributed by atoms with Gasteiger partial charge in [-0.2, -0.15) is 0 Å². The molecular weight excluding hydrogens is 845 g/mol. The monoisotopic (exact) mass is 884 g/mol. The molecule has 0 bridgehead atoms. The summed E-state index contributed by atoms with van der Waals surface area (Å²) in [5.41, 5.74) is 17.2. The van der Waals surface area contributed by atoms with Crippen molar-refractivity contribution in [1.82, 2.24) is 19.5 Å². The van der Waals surface area contributed by atoms with Crippen molar-refractivity contribution in [1.29, 1.82) is 0 Å². The molecule has 0 unspecified atom stereocenters. The van der Waals surface area contributed by atoms with Crippen molar-refractivity contribution < 1.29 is 0 Å². The zero-order valence-electron chi connectivity index (χ0n) is 36.8. The molecule has 9 aromatic carbocycles. The van der Waals surface area contributed by atoms with Crippen LogP contribution >= 0.6 is 11.3 Å². The maximum Gasteiger partial charge on any atom is 0.160 e. The average molecular weight is 885 g/mol. The van der Waals surface area contributed by atoms with E-state index >= 15 is 0 Å². The summed E-state index contributed by atoms with van der Waals surface area (Å²) in [7, 11) is 0. The quantitative estimate of drug-likeness (QED) is 0.153. The minimum absolute atomic E-state index is 0.709. The number of nitrogens with zero attached hydrogens (tertiary/aromatic N) is 4. The van der Waals surface area contributed by atoms with Crippen LogP contribution in [0.2, 0.25) is 0 Å². The molecule has 0 aliphatic carbocycles. The Hall–Kier alpha value is -8.77. The van der Waals surface area contributed by atoms with Gasteiger partial charge in [-0.3, -0.25) is 0 Å². The van der Waals surface area contributed by atoms with E-state index in [9.17, 15) is 0 Å². The fourth-order valence-electron chi connectivity index (χ4n) is 9.79. The van der Waals surface area contributed by atoms with E-state index in [2.05, 4.69) is 211 Å². The number of fused-ring (bicyclic) bond motifs is 6. The third-order valence-corrected chi connectivity index (χ3v) is 14.3. The van der Waals surface area contributed by atoms with Crippen LogP contribution in [0.25, 0.3) is 126 Å². The normalized spacial score (nSPS) is 11.5. The van der Waals surface area contributed by atoms with Crippen LogP contribution in [0.4, 0.5) is 0 Å². The van der Waals surface area contributed by atoms with Crippen molar-refractivity contribution in [3.8, 4) is 83.5 Å². The Labute approximate surface area is 397 Å². The van der Waals surface area contributed by atoms with Crippen LogP contribution in [-0.4, -0.2) is 19.5 Å². The summed E-state index contributed by atoms with van der Waals surface area (Å²) in [4.78, 5) is 16.7. The van der Waals surface area contributed by atoms with Crippen LogP contribution < -0.4 is 0 Å². The van der Waals surface area contributed by atoms with E-state index in [0.29, 0.717) is 5.82 Å². The van der Waals surface area contributed by atoms with Crippen molar-refractivity contribution in [2.45, 2.75) is 0 Å². The number of rotatable bonds is 8. The van der Waals surface area contributed by atoms with E-state index in [1.165, 1.54) is 42.3 Å². The molecule has 0 aliphatic rings. The van der Waals surface area contributed by atoms with Crippen molar-refractivity contribution in [3.05, 3.63) is 243 Å². The second-order valence-electron chi connectivity index (χ2n) is 17.1. The summed E-state index contributed by atoms with van der Waals surface area (Å²) >= 11 is 1.86. The molecule has 4 heterocycles. The van der Waals surface area contributed by atoms with E-state index in [4.69, 9.17) is 15.0 Å². The molecule has 318 valence electrons. The summed E-state index contributed by atoms with van der Waals surface area (Å²) < 4.78 is 3.64. The van der Waals surface area contributed by atoms with Crippen molar-refractivity contribution >= 4 is 54.1 Å². The zero-order valence-corrected chi connectivity index (χ0v) is 37.6. The number of para-hydroxylation sites is 3. The number of aromatic nitrogens is 4. The minimum Gasteiger partial charge on any atom is -0.309 e. The maximum atomic E-state index is 5.44. The van der Waals surface area contributed by atoms with Gasteiger partial charge in [0.25, 0.3) is 0 Å². The fraction of sp³-hybridized carbons (Fsp3) is 0. The Kier molecular flexibility index (Phi) is 9.66. The molecule has 4 nitrogen and oxygen atoms in total. The summed E-state index contributed by atoms with van der Waals surface area (Å²) in [6.07, 6.45) is 0. The molecule has 0 N–H and O–H groups in total. The van der Waals surface area contributed by atoms with Crippen molar-refractivity contribution in [2.75, 3.05) is 0 Å². The molecule has 0 fully saturated rings. The number of thiophene rings is 1. The second-order valence-corrected chi connectivity index (χ2v) is 18.1. The van der Waals surface area contributed by atoms with Crippen LogP contribution in [0.5, 0.6) is 0 Å². The van der Waals surface area contributed by atoms with Gasteiger partial charge in [-0.25, -0.2) is 15.0 Å². The lowest BCUT2D eigenvalue weighted by Gasteiger charge is -2.13. The van der Waals surface area contributed by atoms with Gasteiger partial charge < -0.3 is 4.57 Å². The summed E-state index contributed by atoms with van der Waals surface area (Å²) in [6, 6.07) is 86.2. The first-order valence-electron chi connectivity index (χ1n) is 22.9.